The molecule has 1 aromatic heterocycles. The molecule has 1 heterocycles. The second-order valence-electron chi connectivity index (χ2n) is 2.37. The van der Waals surface area contributed by atoms with Gasteiger partial charge in [-0.15, -0.1) is 11.6 Å². The molecule has 68 valence electrons. The standard InChI is InChI=1S/C9H9ClN2O/c10-6-2-4-7-3-1-5-8(12-7)9(11)13/h1-5H,6H2,(H2,11,13). The first-order chi connectivity index (χ1) is 6.24. The molecule has 2 N–H and O–H groups in total. The maximum absolute atomic E-state index is 10.7. The van der Waals surface area contributed by atoms with Crippen LogP contribution in [0.25, 0.3) is 6.08 Å². The van der Waals surface area contributed by atoms with Gasteiger partial charge in [0, 0.05) is 5.88 Å². The Hall–Kier alpha value is -1.35. The lowest BCUT2D eigenvalue weighted by Gasteiger charge is -1.95. The smallest absolute Gasteiger partial charge is 0.267 e. The predicted molar refractivity (Wildman–Crippen MR) is 52.5 cm³/mol. The van der Waals surface area contributed by atoms with Gasteiger partial charge in [0.1, 0.15) is 5.69 Å². The average molecular weight is 197 g/mol. The highest BCUT2D eigenvalue weighted by atomic mass is 35.5. The van der Waals surface area contributed by atoms with Gasteiger partial charge in [-0.3, -0.25) is 4.79 Å². The Labute approximate surface area is 81.2 Å². The van der Waals surface area contributed by atoms with Crippen molar-refractivity contribution < 1.29 is 4.79 Å². The SMILES string of the molecule is NC(=O)c1cccc(C=CCCl)n1. The summed E-state index contributed by atoms with van der Waals surface area (Å²) in [6.07, 6.45) is 3.48. The van der Waals surface area contributed by atoms with E-state index in [1.807, 2.05) is 0 Å². The molecule has 0 aliphatic rings. The third kappa shape index (κ3) is 2.87. The lowest BCUT2D eigenvalue weighted by atomic mass is 10.3. The van der Waals surface area contributed by atoms with E-state index in [-0.39, 0.29) is 5.69 Å². The van der Waals surface area contributed by atoms with Crippen LogP contribution in [0, 0.1) is 0 Å². The third-order valence-corrected chi connectivity index (χ3v) is 1.58. The Balaban J connectivity index is 2.92. The molecule has 13 heavy (non-hydrogen) atoms. The van der Waals surface area contributed by atoms with Gasteiger partial charge in [0.15, 0.2) is 0 Å². The van der Waals surface area contributed by atoms with E-state index in [4.69, 9.17) is 17.3 Å². The number of nitrogens with two attached hydrogens (primary N) is 1. The molecule has 1 aromatic rings. The molecule has 0 bridgehead atoms. The number of alkyl halides is 1. The highest BCUT2D eigenvalue weighted by Gasteiger charge is 2.00. The number of nitrogens with zero attached hydrogens (tertiary/aromatic N) is 1. The number of pyridine rings is 1. The first-order valence-corrected chi connectivity index (χ1v) is 4.27. The summed E-state index contributed by atoms with van der Waals surface area (Å²) in [6, 6.07) is 5.07. The fraction of sp³-hybridized carbons (Fsp3) is 0.111. The van der Waals surface area contributed by atoms with E-state index in [0.29, 0.717) is 11.6 Å². The van der Waals surface area contributed by atoms with Crippen LogP contribution in [0.2, 0.25) is 0 Å². The summed E-state index contributed by atoms with van der Waals surface area (Å²) in [7, 11) is 0. The largest absolute Gasteiger partial charge is 0.364 e. The highest BCUT2D eigenvalue weighted by molar-refractivity contribution is 6.19. The van der Waals surface area contributed by atoms with E-state index in [9.17, 15) is 4.79 Å². The van der Waals surface area contributed by atoms with Crippen molar-refractivity contribution >= 4 is 23.6 Å². The Bertz CT molecular complexity index is 336. The lowest BCUT2D eigenvalue weighted by Crippen LogP contribution is -2.13. The molecule has 0 fully saturated rings. The maximum atomic E-state index is 10.7. The fourth-order valence-corrected chi connectivity index (χ4v) is 0.936. The minimum Gasteiger partial charge on any atom is -0.364 e. The molecule has 4 heteroatoms. The molecule has 1 amide bonds. The molecule has 0 spiro atoms. The van der Waals surface area contributed by atoms with Crippen LogP contribution in [-0.2, 0) is 0 Å². The molecule has 0 saturated carbocycles. The Morgan fingerprint density at radius 1 is 1.62 bits per heavy atom. The Morgan fingerprint density at radius 3 is 3.00 bits per heavy atom. The number of rotatable bonds is 3. The van der Waals surface area contributed by atoms with E-state index in [0.717, 1.165) is 0 Å². The highest BCUT2D eigenvalue weighted by Crippen LogP contribution is 2.01. The van der Waals surface area contributed by atoms with Crippen molar-refractivity contribution in [3.8, 4) is 0 Å². The van der Waals surface area contributed by atoms with Gasteiger partial charge in [0.05, 0.1) is 5.69 Å². The van der Waals surface area contributed by atoms with Crippen molar-refractivity contribution in [2.45, 2.75) is 0 Å². The summed E-state index contributed by atoms with van der Waals surface area (Å²) >= 11 is 5.45. The summed E-state index contributed by atoms with van der Waals surface area (Å²) in [5.41, 5.74) is 6.00. The molecule has 3 nitrogen and oxygen atoms in total. The van der Waals surface area contributed by atoms with Crippen molar-refractivity contribution in [3.63, 3.8) is 0 Å². The number of amides is 1. The topological polar surface area (TPSA) is 56.0 Å². The molecule has 1 rings (SSSR count). The normalized spacial score (nSPS) is 10.5. The van der Waals surface area contributed by atoms with Crippen LogP contribution < -0.4 is 5.73 Å². The Kier molecular flexibility index (Phi) is 3.46. The summed E-state index contributed by atoms with van der Waals surface area (Å²) < 4.78 is 0. The molecule has 0 unspecified atom stereocenters. The van der Waals surface area contributed by atoms with Crippen molar-refractivity contribution in [3.05, 3.63) is 35.7 Å². The van der Waals surface area contributed by atoms with E-state index in [2.05, 4.69) is 4.98 Å². The maximum Gasteiger partial charge on any atom is 0.267 e. The average Bonchev–Trinajstić information content (AvgIpc) is 2.15. The van der Waals surface area contributed by atoms with Crippen LogP contribution in [0.1, 0.15) is 16.2 Å². The third-order valence-electron chi connectivity index (χ3n) is 1.40. The van der Waals surface area contributed by atoms with E-state index in [1.165, 1.54) is 0 Å². The lowest BCUT2D eigenvalue weighted by molar-refractivity contribution is 0.0995. The molecule has 0 aliphatic carbocycles. The molecule has 0 saturated heterocycles. The molecular weight excluding hydrogens is 188 g/mol. The van der Waals surface area contributed by atoms with E-state index < -0.39 is 5.91 Å². The number of hydrogen-bond donors (Lipinski definition) is 1. The number of carbonyl (C=O) groups is 1. The zero-order valence-corrected chi connectivity index (χ0v) is 7.66. The van der Waals surface area contributed by atoms with Gasteiger partial charge in [-0.2, -0.15) is 0 Å². The molecule has 0 radical (unpaired) electrons. The first-order valence-electron chi connectivity index (χ1n) is 3.73. The summed E-state index contributed by atoms with van der Waals surface area (Å²) in [5.74, 6) is -0.108. The monoisotopic (exact) mass is 196 g/mol. The summed E-state index contributed by atoms with van der Waals surface area (Å²) in [4.78, 5) is 14.7. The molecular formula is C9H9ClN2O. The van der Waals surface area contributed by atoms with Gasteiger partial charge >= 0.3 is 0 Å². The van der Waals surface area contributed by atoms with Crippen LogP contribution in [-0.4, -0.2) is 16.8 Å². The van der Waals surface area contributed by atoms with Crippen LogP contribution in [0.3, 0.4) is 0 Å². The zero-order valence-electron chi connectivity index (χ0n) is 6.90. The number of hydrogen-bond acceptors (Lipinski definition) is 2. The van der Waals surface area contributed by atoms with E-state index in [1.54, 1.807) is 30.4 Å². The van der Waals surface area contributed by atoms with Gasteiger partial charge < -0.3 is 5.73 Å². The zero-order chi connectivity index (χ0) is 9.68. The van der Waals surface area contributed by atoms with Crippen molar-refractivity contribution in [1.82, 2.24) is 4.98 Å². The van der Waals surface area contributed by atoms with Crippen LogP contribution in [0.5, 0.6) is 0 Å². The first kappa shape index (κ1) is 9.74. The van der Waals surface area contributed by atoms with Gasteiger partial charge in [-0.1, -0.05) is 12.1 Å². The fourth-order valence-electron chi connectivity index (χ4n) is 0.847. The van der Waals surface area contributed by atoms with Crippen molar-refractivity contribution in [2.75, 3.05) is 5.88 Å². The van der Waals surface area contributed by atoms with Crippen molar-refractivity contribution in [1.29, 1.82) is 0 Å². The predicted octanol–water partition coefficient (Wildman–Crippen LogP) is 1.43. The van der Waals surface area contributed by atoms with Crippen molar-refractivity contribution in [2.24, 2.45) is 5.73 Å². The second kappa shape index (κ2) is 4.62. The quantitative estimate of drug-likeness (QED) is 0.744. The summed E-state index contributed by atoms with van der Waals surface area (Å²) in [5, 5.41) is 0. The molecule has 0 aromatic carbocycles. The van der Waals surface area contributed by atoms with Crippen LogP contribution in [0.4, 0.5) is 0 Å². The number of halogens is 1. The molecule has 0 aliphatic heterocycles. The van der Waals surface area contributed by atoms with Gasteiger partial charge in [-0.25, -0.2) is 4.98 Å². The summed E-state index contributed by atoms with van der Waals surface area (Å²) in [6.45, 7) is 0. The second-order valence-corrected chi connectivity index (χ2v) is 2.68. The molecule has 0 atom stereocenters. The number of primary amides is 1. The van der Waals surface area contributed by atoms with E-state index >= 15 is 0 Å². The van der Waals surface area contributed by atoms with Gasteiger partial charge in [-0.05, 0) is 18.2 Å². The van der Waals surface area contributed by atoms with Gasteiger partial charge in [0.2, 0.25) is 0 Å². The van der Waals surface area contributed by atoms with Crippen LogP contribution in [0.15, 0.2) is 24.3 Å². The van der Waals surface area contributed by atoms with Crippen LogP contribution >= 0.6 is 11.6 Å². The minimum absolute atomic E-state index is 0.261. The van der Waals surface area contributed by atoms with Gasteiger partial charge in [0.25, 0.3) is 5.91 Å². The number of aromatic nitrogens is 1. The Morgan fingerprint density at radius 2 is 2.38 bits per heavy atom. The number of allylic oxidation sites excluding steroid dienone is 1. The minimum atomic E-state index is -0.527. The number of carbonyl (C=O) groups excluding carboxylic acids is 1.